The lowest BCUT2D eigenvalue weighted by atomic mass is 10.1. The Morgan fingerprint density at radius 2 is 2.38 bits per heavy atom. The Morgan fingerprint density at radius 1 is 1.62 bits per heavy atom. The molecule has 1 saturated carbocycles. The molecule has 0 bridgehead atoms. The molecule has 0 radical (unpaired) electrons. The van der Waals surface area contributed by atoms with Crippen molar-refractivity contribution in [2.45, 2.75) is 18.2 Å². The van der Waals surface area contributed by atoms with E-state index in [9.17, 15) is 9.59 Å². The van der Waals surface area contributed by atoms with Crippen LogP contribution in [0.3, 0.4) is 0 Å². The van der Waals surface area contributed by atoms with Crippen LogP contribution in [0.25, 0.3) is 0 Å². The van der Waals surface area contributed by atoms with Gasteiger partial charge in [0.1, 0.15) is 5.70 Å². The highest BCUT2D eigenvalue weighted by molar-refractivity contribution is 8.04. The summed E-state index contributed by atoms with van der Waals surface area (Å²) < 4.78 is 0. The third-order valence-corrected chi connectivity index (χ3v) is 4.81. The van der Waals surface area contributed by atoms with Gasteiger partial charge in [-0.3, -0.25) is 9.69 Å². The van der Waals surface area contributed by atoms with Crippen LogP contribution in [0.5, 0.6) is 0 Å². The van der Waals surface area contributed by atoms with Crippen LogP contribution < -0.4 is 5.73 Å². The molecule has 3 N–H and O–H groups in total. The average Bonchev–Trinajstić information content (AvgIpc) is 2.94. The van der Waals surface area contributed by atoms with E-state index in [0.29, 0.717) is 18.9 Å². The molecule has 6 heteroatoms. The molecule has 0 unspecified atom stereocenters. The molecule has 1 saturated heterocycles. The third-order valence-electron chi connectivity index (χ3n) is 3.41. The summed E-state index contributed by atoms with van der Waals surface area (Å²) >= 11 is 1.54. The molecule has 5 nitrogen and oxygen atoms in total. The number of nitrogens with zero attached hydrogens (tertiary/aromatic N) is 1. The van der Waals surface area contributed by atoms with Gasteiger partial charge < -0.3 is 10.8 Å². The molecule has 1 amide bonds. The van der Waals surface area contributed by atoms with Gasteiger partial charge in [-0.15, -0.1) is 11.8 Å². The number of allylic oxidation sites excluding steroid dienone is 1. The number of carboxylic acid groups (broad SMARTS) is 1. The smallest absolute Gasteiger partial charge is 0.353 e. The van der Waals surface area contributed by atoms with E-state index in [4.69, 9.17) is 10.8 Å². The van der Waals surface area contributed by atoms with Gasteiger partial charge in [0.2, 0.25) is 5.91 Å². The summed E-state index contributed by atoms with van der Waals surface area (Å²) in [5.41, 5.74) is 5.78. The van der Waals surface area contributed by atoms with Crippen molar-refractivity contribution in [3.8, 4) is 0 Å². The van der Waals surface area contributed by atoms with Crippen LogP contribution in [0.2, 0.25) is 0 Å². The van der Waals surface area contributed by atoms with Crippen LogP contribution in [-0.4, -0.2) is 33.8 Å². The number of carbonyl (C=O) groups is 2. The zero-order chi connectivity index (χ0) is 11.4. The van der Waals surface area contributed by atoms with Crippen molar-refractivity contribution in [3.63, 3.8) is 0 Å². The van der Waals surface area contributed by atoms with Crippen molar-refractivity contribution in [2.75, 3.05) is 6.54 Å². The van der Waals surface area contributed by atoms with Crippen molar-refractivity contribution < 1.29 is 14.7 Å². The van der Waals surface area contributed by atoms with Crippen molar-refractivity contribution >= 4 is 23.6 Å². The van der Waals surface area contributed by atoms with Crippen LogP contribution in [0.1, 0.15) is 12.8 Å². The molecule has 0 aromatic rings. The normalized spacial score (nSPS) is 36.2. The van der Waals surface area contributed by atoms with Gasteiger partial charge in [-0.1, -0.05) is 0 Å². The van der Waals surface area contributed by atoms with Gasteiger partial charge in [-0.25, -0.2) is 4.79 Å². The topological polar surface area (TPSA) is 83.6 Å². The number of fused-ring (bicyclic) bond motifs is 1. The molecule has 86 valence electrons. The number of carboxylic acids is 1. The Kier molecular flexibility index (Phi) is 2.06. The number of aliphatic carboxylic acids is 1. The van der Waals surface area contributed by atoms with Gasteiger partial charge in [-0.2, -0.15) is 0 Å². The van der Waals surface area contributed by atoms with E-state index in [0.717, 1.165) is 11.3 Å². The van der Waals surface area contributed by atoms with Gasteiger partial charge >= 0.3 is 5.97 Å². The molecule has 3 aliphatic rings. The van der Waals surface area contributed by atoms with E-state index in [2.05, 4.69) is 0 Å². The van der Waals surface area contributed by atoms with E-state index >= 15 is 0 Å². The lowest BCUT2D eigenvalue weighted by Crippen LogP contribution is -2.48. The zero-order valence-electron chi connectivity index (χ0n) is 8.55. The standard InChI is InChI=1S/C10H12N2O3S/c11-3-4-1-5(4)9-8(10(14)15)12-6(13)2-7(12)16-9/h4-5,7H,1-3,11H2,(H,14,15)/t4-,5+,7+/m0/s1. The maximum Gasteiger partial charge on any atom is 0.353 e. The predicted molar refractivity (Wildman–Crippen MR) is 58.2 cm³/mol. The minimum Gasteiger partial charge on any atom is -0.477 e. The lowest BCUT2D eigenvalue weighted by Gasteiger charge is -2.33. The fourth-order valence-corrected chi connectivity index (χ4v) is 3.98. The minimum atomic E-state index is -0.985. The zero-order valence-corrected chi connectivity index (χ0v) is 9.37. The molecule has 16 heavy (non-hydrogen) atoms. The molecule has 0 spiro atoms. The molecule has 3 atom stereocenters. The Bertz CT molecular complexity index is 420. The molecular weight excluding hydrogens is 228 g/mol. The maximum atomic E-state index is 11.4. The highest BCUT2D eigenvalue weighted by Gasteiger charge is 2.53. The number of amides is 1. The fourth-order valence-electron chi connectivity index (χ4n) is 2.37. The Balaban J connectivity index is 1.91. The van der Waals surface area contributed by atoms with E-state index in [1.807, 2.05) is 0 Å². The van der Waals surface area contributed by atoms with E-state index < -0.39 is 5.97 Å². The summed E-state index contributed by atoms with van der Waals surface area (Å²) in [6.07, 6.45) is 1.43. The number of carbonyl (C=O) groups excluding carboxylic acids is 1. The monoisotopic (exact) mass is 240 g/mol. The Hall–Kier alpha value is -1.01. The fraction of sp³-hybridized carbons (Fsp3) is 0.600. The first kappa shape index (κ1) is 10.2. The summed E-state index contributed by atoms with van der Waals surface area (Å²) in [5.74, 6) is -0.374. The molecule has 0 aromatic heterocycles. The molecule has 2 heterocycles. The van der Waals surface area contributed by atoms with Crippen molar-refractivity contribution in [2.24, 2.45) is 17.6 Å². The minimum absolute atomic E-state index is 0.0348. The van der Waals surface area contributed by atoms with Crippen LogP contribution in [0.15, 0.2) is 10.6 Å². The summed E-state index contributed by atoms with van der Waals surface area (Å²) in [5, 5.41) is 9.20. The van der Waals surface area contributed by atoms with Gasteiger partial charge in [0.15, 0.2) is 0 Å². The molecular formula is C10H12N2O3S. The Labute approximate surface area is 96.7 Å². The predicted octanol–water partition coefficient (Wildman–Crippen LogP) is 0.183. The first-order chi connectivity index (χ1) is 7.63. The Morgan fingerprint density at radius 3 is 2.88 bits per heavy atom. The highest BCUT2D eigenvalue weighted by atomic mass is 32.2. The van der Waals surface area contributed by atoms with E-state index in [1.54, 1.807) is 0 Å². The molecule has 2 fully saturated rings. The summed E-state index contributed by atoms with van der Waals surface area (Å²) in [6, 6.07) is 0. The highest BCUT2D eigenvalue weighted by Crippen LogP contribution is 2.56. The van der Waals surface area contributed by atoms with E-state index in [-0.39, 0.29) is 22.9 Å². The summed E-state index contributed by atoms with van der Waals surface area (Å²) in [4.78, 5) is 24.8. The third kappa shape index (κ3) is 1.23. The number of thioether (sulfide) groups is 1. The second-order valence-electron chi connectivity index (χ2n) is 4.40. The molecule has 0 aromatic carbocycles. The van der Waals surface area contributed by atoms with Gasteiger partial charge in [0.25, 0.3) is 0 Å². The van der Waals surface area contributed by atoms with Gasteiger partial charge in [-0.05, 0) is 24.8 Å². The number of nitrogens with two attached hydrogens (primary N) is 1. The first-order valence-corrected chi connectivity index (χ1v) is 6.17. The second kappa shape index (κ2) is 3.24. The SMILES string of the molecule is NC[C@@H]1C[C@H]1C1=C(C(=O)O)N2C(=O)C[C@H]2S1. The molecule has 3 rings (SSSR count). The number of rotatable bonds is 3. The largest absolute Gasteiger partial charge is 0.477 e. The quantitative estimate of drug-likeness (QED) is 0.688. The maximum absolute atomic E-state index is 11.4. The number of hydrogen-bond donors (Lipinski definition) is 2. The van der Waals surface area contributed by atoms with Crippen LogP contribution in [0, 0.1) is 11.8 Å². The van der Waals surface area contributed by atoms with Crippen molar-refractivity contribution in [3.05, 3.63) is 10.6 Å². The van der Waals surface area contributed by atoms with Crippen LogP contribution >= 0.6 is 11.8 Å². The van der Waals surface area contributed by atoms with Crippen LogP contribution in [0.4, 0.5) is 0 Å². The summed E-state index contributed by atoms with van der Waals surface area (Å²) in [7, 11) is 0. The van der Waals surface area contributed by atoms with Gasteiger partial charge in [0.05, 0.1) is 11.8 Å². The molecule has 2 aliphatic heterocycles. The number of β-lactam (4-membered cyclic amide) rings is 1. The van der Waals surface area contributed by atoms with Gasteiger partial charge in [0, 0.05) is 4.91 Å². The van der Waals surface area contributed by atoms with Crippen molar-refractivity contribution in [1.29, 1.82) is 0 Å². The van der Waals surface area contributed by atoms with E-state index in [1.165, 1.54) is 16.7 Å². The second-order valence-corrected chi connectivity index (χ2v) is 5.62. The van der Waals surface area contributed by atoms with Crippen molar-refractivity contribution in [1.82, 2.24) is 4.90 Å². The first-order valence-electron chi connectivity index (χ1n) is 5.29. The number of hydrogen-bond acceptors (Lipinski definition) is 4. The van der Waals surface area contributed by atoms with Crippen LogP contribution in [-0.2, 0) is 9.59 Å². The average molecular weight is 240 g/mol. The molecule has 1 aliphatic carbocycles. The lowest BCUT2D eigenvalue weighted by molar-refractivity contribution is -0.145. The summed E-state index contributed by atoms with van der Waals surface area (Å²) in [6.45, 7) is 0.597.